The van der Waals surface area contributed by atoms with Crippen molar-refractivity contribution in [2.45, 2.75) is 44.8 Å². The van der Waals surface area contributed by atoms with Crippen molar-refractivity contribution in [1.82, 2.24) is 4.98 Å². The van der Waals surface area contributed by atoms with Crippen LogP contribution in [0.15, 0.2) is 29.6 Å². The van der Waals surface area contributed by atoms with Gasteiger partial charge in [0, 0.05) is 29.8 Å². The molecule has 1 aliphatic rings. The largest absolute Gasteiger partial charge is 0.382 e. The van der Waals surface area contributed by atoms with Gasteiger partial charge in [-0.25, -0.2) is 4.98 Å². The SMILES string of the molecule is COC1CCC(Nc2cccc(-c3csc(C)n3)c2)CC1. The number of aromatic nitrogens is 1. The number of benzene rings is 1. The Bertz CT molecular complexity index is 588. The highest BCUT2D eigenvalue weighted by atomic mass is 32.1. The number of hydrogen-bond acceptors (Lipinski definition) is 4. The summed E-state index contributed by atoms with van der Waals surface area (Å²) in [6.07, 6.45) is 5.11. The topological polar surface area (TPSA) is 34.1 Å². The number of nitrogens with one attached hydrogen (secondary N) is 1. The lowest BCUT2D eigenvalue weighted by atomic mass is 9.92. The minimum absolute atomic E-state index is 0.451. The van der Waals surface area contributed by atoms with E-state index in [4.69, 9.17) is 4.74 Å². The van der Waals surface area contributed by atoms with Gasteiger partial charge in [0.05, 0.1) is 16.8 Å². The van der Waals surface area contributed by atoms with Gasteiger partial charge in [0.15, 0.2) is 0 Å². The Balaban J connectivity index is 1.66. The highest BCUT2D eigenvalue weighted by molar-refractivity contribution is 7.09. The van der Waals surface area contributed by atoms with E-state index in [0.717, 1.165) is 23.5 Å². The first-order chi connectivity index (χ1) is 10.2. The first-order valence-corrected chi connectivity index (χ1v) is 8.44. The van der Waals surface area contributed by atoms with E-state index in [0.29, 0.717) is 12.1 Å². The molecule has 112 valence electrons. The Kier molecular flexibility index (Phi) is 4.56. The molecule has 3 rings (SSSR count). The molecule has 1 N–H and O–H groups in total. The van der Waals surface area contributed by atoms with Crippen molar-refractivity contribution < 1.29 is 4.74 Å². The average Bonchev–Trinajstić information content (AvgIpc) is 2.95. The predicted octanol–water partition coefficient (Wildman–Crippen LogP) is 4.49. The van der Waals surface area contributed by atoms with E-state index in [-0.39, 0.29) is 0 Å². The number of thiazole rings is 1. The maximum atomic E-state index is 5.43. The molecule has 0 spiro atoms. The predicted molar refractivity (Wildman–Crippen MR) is 89.0 cm³/mol. The van der Waals surface area contributed by atoms with Gasteiger partial charge in [0.25, 0.3) is 0 Å². The maximum absolute atomic E-state index is 5.43. The van der Waals surface area contributed by atoms with Crippen LogP contribution in [0.25, 0.3) is 11.3 Å². The molecule has 1 heterocycles. The standard InChI is InChI=1S/C17H22N2OS/c1-12-18-17(11-21-12)13-4-3-5-15(10-13)19-14-6-8-16(20-2)9-7-14/h3-5,10-11,14,16,19H,6-9H2,1-2H3. The molecule has 1 fully saturated rings. The lowest BCUT2D eigenvalue weighted by Crippen LogP contribution is -2.29. The summed E-state index contributed by atoms with van der Waals surface area (Å²) in [5.41, 5.74) is 3.46. The fourth-order valence-corrected chi connectivity index (χ4v) is 3.56. The number of rotatable bonds is 4. The van der Waals surface area contributed by atoms with Crippen molar-refractivity contribution in [3.05, 3.63) is 34.7 Å². The first-order valence-electron chi connectivity index (χ1n) is 7.56. The first kappa shape index (κ1) is 14.5. The third-order valence-corrected chi connectivity index (χ3v) is 4.93. The molecule has 0 amide bonds. The summed E-state index contributed by atoms with van der Waals surface area (Å²) in [6.45, 7) is 2.05. The average molecular weight is 302 g/mol. The molecule has 1 aliphatic carbocycles. The molecule has 0 radical (unpaired) electrons. The third-order valence-electron chi connectivity index (χ3n) is 4.16. The number of aryl methyl sites for hydroxylation is 1. The van der Waals surface area contributed by atoms with E-state index < -0.39 is 0 Å². The minimum Gasteiger partial charge on any atom is -0.382 e. The van der Waals surface area contributed by atoms with Crippen LogP contribution in [0.2, 0.25) is 0 Å². The molecular formula is C17H22N2OS. The van der Waals surface area contributed by atoms with E-state index >= 15 is 0 Å². The molecule has 21 heavy (non-hydrogen) atoms. The Morgan fingerprint density at radius 2 is 2.05 bits per heavy atom. The highest BCUT2D eigenvalue weighted by Crippen LogP contribution is 2.27. The molecule has 1 aromatic carbocycles. The molecule has 0 unspecified atom stereocenters. The summed E-state index contributed by atoms with van der Waals surface area (Å²) in [4.78, 5) is 4.56. The van der Waals surface area contributed by atoms with Gasteiger partial charge in [0.1, 0.15) is 0 Å². The molecule has 0 aliphatic heterocycles. The number of hydrogen-bond donors (Lipinski definition) is 1. The van der Waals surface area contributed by atoms with Crippen molar-refractivity contribution >= 4 is 17.0 Å². The highest BCUT2D eigenvalue weighted by Gasteiger charge is 2.20. The number of nitrogens with zero attached hydrogens (tertiary/aromatic N) is 1. The van der Waals surface area contributed by atoms with Gasteiger partial charge in [0.2, 0.25) is 0 Å². The fraction of sp³-hybridized carbons (Fsp3) is 0.471. The van der Waals surface area contributed by atoms with Crippen LogP contribution in [0.4, 0.5) is 5.69 Å². The van der Waals surface area contributed by atoms with Crippen molar-refractivity contribution in [3.8, 4) is 11.3 Å². The quantitative estimate of drug-likeness (QED) is 0.903. The van der Waals surface area contributed by atoms with Crippen LogP contribution in [-0.2, 0) is 4.74 Å². The maximum Gasteiger partial charge on any atom is 0.0901 e. The Morgan fingerprint density at radius 1 is 1.24 bits per heavy atom. The summed E-state index contributed by atoms with van der Waals surface area (Å²) in [5, 5.41) is 6.90. The zero-order valence-corrected chi connectivity index (χ0v) is 13.5. The second kappa shape index (κ2) is 6.58. The molecule has 1 aromatic heterocycles. The lowest BCUT2D eigenvalue weighted by molar-refractivity contribution is 0.0682. The van der Waals surface area contributed by atoms with Gasteiger partial charge < -0.3 is 10.1 Å². The van der Waals surface area contributed by atoms with E-state index in [1.165, 1.54) is 24.1 Å². The van der Waals surface area contributed by atoms with Crippen molar-refractivity contribution in [2.75, 3.05) is 12.4 Å². The molecule has 2 aromatic rings. The van der Waals surface area contributed by atoms with Crippen LogP contribution in [0.5, 0.6) is 0 Å². The zero-order valence-electron chi connectivity index (χ0n) is 12.6. The van der Waals surface area contributed by atoms with Crippen LogP contribution in [0.3, 0.4) is 0 Å². The molecule has 0 saturated heterocycles. The summed E-state index contributed by atoms with van der Waals surface area (Å²) in [6, 6.07) is 9.14. The molecule has 4 heteroatoms. The van der Waals surface area contributed by atoms with Crippen LogP contribution in [0.1, 0.15) is 30.7 Å². The second-order valence-corrected chi connectivity index (χ2v) is 6.75. The fourth-order valence-electron chi connectivity index (χ4n) is 2.94. The van der Waals surface area contributed by atoms with E-state index in [9.17, 15) is 0 Å². The van der Waals surface area contributed by atoms with Crippen molar-refractivity contribution in [1.29, 1.82) is 0 Å². The summed E-state index contributed by atoms with van der Waals surface area (Å²) in [5.74, 6) is 0. The number of methoxy groups -OCH3 is 1. The van der Waals surface area contributed by atoms with E-state index in [1.54, 1.807) is 11.3 Å². The van der Waals surface area contributed by atoms with Gasteiger partial charge in [-0.2, -0.15) is 0 Å². The summed E-state index contributed by atoms with van der Waals surface area (Å²) >= 11 is 1.70. The van der Waals surface area contributed by atoms with E-state index in [2.05, 4.69) is 39.9 Å². The van der Waals surface area contributed by atoms with Crippen LogP contribution in [0, 0.1) is 6.92 Å². The monoisotopic (exact) mass is 302 g/mol. The van der Waals surface area contributed by atoms with Crippen LogP contribution < -0.4 is 5.32 Å². The molecule has 0 bridgehead atoms. The summed E-state index contributed by atoms with van der Waals surface area (Å²) < 4.78 is 5.43. The van der Waals surface area contributed by atoms with Crippen LogP contribution in [-0.4, -0.2) is 24.2 Å². The van der Waals surface area contributed by atoms with Gasteiger partial charge in [-0.1, -0.05) is 12.1 Å². The third kappa shape index (κ3) is 3.63. The number of ether oxygens (including phenoxy) is 1. The van der Waals surface area contributed by atoms with Gasteiger partial charge >= 0.3 is 0 Å². The molecular weight excluding hydrogens is 280 g/mol. The lowest BCUT2D eigenvalue weighted by Gasteiger charge is -2.29. The van der Waals surface area contributed by atoms with Crippen molar-refractivity contribution in [2.24, 2.45) is 0 Å². The molecule has 0 atom stereocenters. The Morgan fingerprint density at radius 3 is 2.71 bits per heavy atom. The van der Waals surface area contributed by atoms with Crippen molar-refractivity contribution in [3.63, 3.8) is 0 Å². The van der Waals surface area contributed by atoms with Crippen LogP contribution >= 0.6 is 11.3 Å². The summed E-state index contributed by atoms with van der Waals surface area (Å²) in [7, 11) is 1.82. The second-order valence-electron chi connectivity index (χ2n) is 5.69. The Labute approximate surface area is 130 Å². The van der Waals surface area contributed by atoms with E-state index in [1.807, 2.05) is 14.0 Å². The number of anilines is 1. The molecule has 3 nitrogen and oxygen atoms in total. The van der Waals surface area contributed by atoms with Gasteiger partial charge in [-0.3, -0.25) is 0 Å². The normalized spacial score (nSPS) is 22.2. The zero-order chi connectivity index (χ0) is 14.7. The Hall–Kier alpha value is -1.39. The van der Waals surface area contributed by atoms with Gasteiger partial charge in [-0.05, 0) is 44.7 Å². The minimum atomic E-state index is 0.451. The van der Waals surface area contributed by atoms with Gasteiger partial charge in [-0.15, -0.1) is 11.3 Å². The smallest absolute Gasteiger partial charge is 0.0901 e. The molecule has 1 saturated carbocycles.